The number of amides is 1. The average molecular weight is 384 g/mol. The van der Waals surface area contributed by atoms with E-state index in [9.17, 15) is 19.3 Å². The number of halogens is 1. The molecule has 1 amide bonds. The summed E-state index contributed by atoms with van der Waals surface area (Å²) < 4.78 is 14.6. The summed E-state index contributed by atoms with van der Waals surface area (Å²) in [6.07, 6.45) is 1.88. The summed E-state index contributed by atoms with van der Waals surface area (Å²) in [7, 11) is 0. The smallest absolute Gasteiger partial charge is 0.358 e. The zero-order chi connectivity index (χ0) is 19.7. The van der Waals surface area contributed by atoms with Gasteiger partial charge in [0.2, 0.25) is 5.65 Å². The third-order valence-corrected chi connectivity index (χ3v) is 4.70. The van der Waals surface area contributed by atoms with Crippen molar-refractivity contribution in [2.24, 2.45) is 0 Å². The molecule has 0 atom stereocenters. The molecule has 0 saturated carbocycles. The standard InChI is InChI=1S/C18H17FN6O3/c19-14-4-1-3-13(11-14)18(26)23-8-2-7-22(9-10-23)16-6-5-15-20-12-17(25(27)28)24(15)21-16/h1,3-6,11-12H,2,7-10H2. The monoisotopic (exact) mass is 384 g/mol. The van der Waals surface area contributed by atoms with Crippen LogP contribution in [0.4, 0.5) is 16.0 Å². The van der Waals surface area contributed by atoms with E-state index < -0.39 is 10.7 Å². The van der Waals surface area contributed by atoms with Crippen molar-refractivity contribution >= 4 is 23.2 Å². The van der Waals surface area contributed by atoms with Crippen molar-refractivity contribution in [3.05, 3.63) is 64.1 Å². The van der Waals surface area contributed by atoms with Gasteiger partial charge in [-0.15, -0.1) is 0 Å². The lowest BCUT2D eigenvalue weighted by Crippen LogP contribution is -2.35. The number of nitrogens with zero attached hydrogens (tertiary/aromatic N) is 6. The summed E-state index contributed by atoms with van der Waals surface area (Å²) in [4.78, 5) is 30.9. The van der Waals surface area contributed by atoms with E-state index in [4.69, 9.17) is 0 Å². The van der Waals surface area contributed by atoms with Crippen LogP contribution in [0, 0.1) is 15.9 Å². The molecule has 4 rings (SSSR count). The van der Waals surface area contributed by atoms with E-state index in [1.165, 1.54) is 28.9 Å². The Morgan fingerprint density at radius 1 is 1.14 bits per heavy atom. The van der Waals surface area contributed by atoms with E-state index in [0.717, 1.165) is 0 Å². The number of benzene rings is 1. The number of rotatable bonds is 3. The van der Waals surface area contributed by atoms with Gasteiger partial charge in [0.15, 0.2) is 5.82 Å². The Morgan fingerprint density at radius 3 is 2.79 bits per heavy atom. The first-order valence-corrected chi connectivity index (χ1v) is 8.82. The molecule has 2 aromatic heterocycles. The third kappa shape index (κ3) is 3.36. The van der Waals surface area contributed by atoms with Crippen LogP contribution in [-0.4, -0.2) is 56.5 Å². The summed E-state index contributed by atoms with van der Waals surface area (Å²) >= 11 is 0. The molecular weight excluding hydrogens is 367 g/mol. The molecule has 10 heteroatoms. The second-order valence-corrected chi connectivity index (χ2v) is 6.48. The van der Waals surface area contributed by atoms with Crippen LogP contribution in [0.2, 0.25) is 0 Å². The first-order valence-electron chi connectivity index (χ1n) is 8.82. The largest absolute Gasteiger partial charge is 0.368 e. The minimum absolute atomic E-state index is 0.199. The first-order chi connectivity index (χ1) is 13.5. The molecule has 0 bridgehead atoms. The van der Waals surface area contributed by atoms with Crippen LogP contribution in [0.5, 0.6) is 0 Å². The molecule has 1 aliphatic rings. The molecule has 0 N–H and O–H groups in total. The topological polar surface area (TPSA) is 96.9 Å². The number of anilines is 1. The number of imidazole rings is 1. The normalized spacial score (nSPS) is 14.9. The zero-order valence-corrected chi connectivity index (χ0v) is 14.9. The van der Waals surface area contributed by atoms with Gasteiger partial charge in [0.05, 0.1) is 0 Å². The Labute approximate surface area is 159 Å². The Hall–Kier alpha value is -3.56. The van der Waals surface area contributed by atoms with Gasteiger partial charge in [-0.1, -0.05) is 15.7 Å². The van der Waals surface area contributed by atoms with Gasteiger partial charge >= 0.3 is 5.82 Å². The highest BCUT2D eigenvalue weighted by molar-refractivity contribution is 5.94. The molecule has 1 fully saturated rings. The lowest BCUT2D eigenvalue weighted by atomic mass is 10.2. The maximum absolute atomic E-state index is 13.4. The van der Waals surface area contributed by atoms with Crippen molar-refractivity contribution in [3.63, 3.8) is 0 Å². The molecule has 1 saturated heterocycles. The minimum atomic E-state index is -0.529. The molecular formula is C18H17FN6O3. The molecule has 0 radical (unpaired) electrons. The van der Waals surface area contributed by atoms with Gasteiger partial charge < -0.3 is 19.9 Å². The number of carbonyl (C=O) groups excluding carboxylic acids is 1. The molecule has 9 nitrogen and oxygen atoms in total. The zero-order valence-electron chi connectivity index (χ0n) is 14.9. The fraction of sp³-hybridized carbons (Fsp3) is 0.278. The fourth-order valence-electron chi connectivity index (χ4n) is 3.30. The van der Waals surface area contributed by atoms with E-state index in [-0.39, 0.29) is 11.7 Å². The molecule has 1 aromatic carbocycles. The highest BCUT2D eigenvalue weighted by Gasteiger charge is 2.23. The Morgan fingerprint density at radius 2 is 2.00 bits per heavy atom. The van der Waals surface area contributed by atoms with Crippen LogP contribution >= 0.6 is 0 Å². The highest BCUT2D eigenvalue weighted by atomic mass is 19.1. The molecule has 0 spiro atoms. The number of carbonyl (C=O) groups is 1. The first kappa shape index (κ1) is 17.8. The van der Waals surface area contributed by atoms with Crippen molar-refractivity contribution in [2.45, 2.75) is 6.42 Å². The number of hydrogen-bond donors (Lipinski definition) is 0. The van der Waals surface area contributed by atoms with Crippen molar-refractivity contribution in [3.8, 4) is 0 Å². The lowest BCUT2D eigenvalue weighted by molar-refractivity contribution is -0.391. The molecule has 3 heterocycles. The van der Waals surface area contributed by atoms with E-state index in [0.29, 0.717) is 49.6 Å². The summed E-state index contributed by atoms with van der Waals surface area (Å²) in [5.74, 6) is -0.278. The van der Waals surface area contributed by atoms with Gasteiger partial charge in [-0.2, -0.15) is 0 Å². The van der Waals surface area contributed by atoms with Crippen LogP contribution < -0.4 is 4.90 Å². The van der Waals surface area contributed by atoms with Crippen molar-refractivity contribution in [1.82, 2.24) is 19.5 Å². The Kier molecular flexibility index (Phi) is 4.60. The van der Waals surface area contributed by atoms with Crippen LogP contribution in [-0.2, 0) is 0 Å². The van der Waals surface area contributed by atoms with Crippen LogP contribution in [0.1, 0.15) is 16.8 Å². The van der Waals surface area contributed by atoms with E-state index in [1.54, 1.807) is 23.1 Å². The Bertz CT molecular complexity index is 1050. The van der Waals surface area contributed by atoms with Gasteiger partial charge in [0, 0.05) is 37.8 Å². The third-order valence-electron chi connectivity index (χ3n) is 4.70. The molecule has 3 aromatic rings. The predicted octanol–water partition coefficient (Wildman–Crippen LogP) is 2.13. The summed E-state index contributed by atoms with van der Waals surface area (Å²) in [6, 6.07) is 9.09. The maximum Gasteiger partial charge on any atom is 0.368 e. The summed E-state index contributed by atoms with van der Waals surface area (Å²) in [5, 5.41) is 15.5. The van der Waals surface area contributed by atoms with Crippen molar-refractivity contribution in [1.29, 1.82) is 0 Å². The molecule has 144 valence electrons. The average Bonchev–Trinajstić information content (AvgIpc) is 2.96. The van der Waals surface area contributed by atoms with Crippen LogP contribution in [0.15, 0.2) is 42.6 Å². The minimum Gasteiger partial charge on any atom is -0.358 e. The number of aromatic nitrogens is 3. The highest BCUT2D eigenvalue weighted by Crippen LogP contribution is 2.19. The van der Waals surface area contributed by atoms with Crippen LogP contribution in [0.3, 0.4) is 0 Å². The quantitative estimate of drug-likeness (QED) is 0.507. The molecule has 1 aliphatic heterocycles. The SMILES string of the molecule is O=C(c1cccc(F)c1)N1CCCN(c2ccc3ncc([N+](=O)[O-])n3n2)CC1. The maximum atomic E-state index is 13.4. The Balaban J connectivity index is 1.52. The lowest BCUT2D eigenvalue weighted by Gasteiger charge is -2.22. The molecule has 0 aliphatic carbocycles. The predicted molar refractivity (Wildman–Crippen MR) is 98.8 cm³/mol. The van der Waals surface area contributed by atoms with Crippen molar-refractivity contribution < 1.29 is 14.1 Å². The summed E-state index contributed by atoms with van der Waals surface area (Å²) in [6.45, 7) is 2.15. The number of nitro groups is 1. The second kappa shape index (κ2) is 7.22. The van der Waals surface area contributed by atoms with Gasteiger partial charge in [0.25, 0.3) is 5.91 Å². The van der Waals surface area contributed by atoms with Gasteiger partial charge in [-0.25, -0.2) is 9.37 Å². The van der Waals surface area contributed by atoms with Gasteiger partial charge in [0.1, 0.15) is 12.0 Å². The van der Waals surface area contributed by atoms with E-state index in [1.807, 2.05) is 4.90 Å². The van der Waals surface area contributed by atoms with E-state index in [2.05, 4.69) is 10.1 Å². The van der Waals surface area contributed by atoms with Crippen molar-refractivity contribution in [2.75, 3.05) is 31.1 Å². The number of hydrogen-bond acceptors (Lipinski definition) is 6. The second-order valence-electron chi connectivity index (χ2n) is 6.48. The molecule has 28 heavy (non-hydrogen) atoms. The van der Waals surface area contributed by atoms with Gasteiger partial charge in [-0.3, -0.25) is 4.79 Å². The fourth-order valence-corrected chi connectivity index (χ4v) is 3.30. The number of fused-ring (bicyclic) bond motifs is 1. The van der Waals surface area contributed by atoms with Crippen LogP contribution in [0.25, 0.3) is 5.65 Å². The van der Waals surface area contributed by atoms with Gasteiger partial charge in [-0.05, 0) is 35.6 Å². The van der Waals surface area contributed by atoms with E-state index >= 15 is 0 Å². The summed E-state index contributed by atoms with van der Waals surface area (Å²) in [5.41, 5.74) is 0.718. The molecule has 0 unspecified atom stereocenters.